The van der Waals surface area contributed by atoms with Gasteiger partial charge in [0.15, 0.2) is 0 Å². The Labute approximate surface area is 158 Å². The first-order valence-corrected chi connectivity index (χ1v) is 10.2. The Morgan fingerprint density at radius 3 is 2.48 bits per heavy atom. The second-order valence-electron chi connectivity index (χ2n) is 6.51. The van der Waals surface area contributed by atoms with Crippen molar-refractivity contribution in [2.75, 3.05) is 24.6 Å². The van der Waals surface area contributed by atoms with E-state index in [-0.39, 0.29) is 31.4 Å². The maximum atomic E-state index is 12.9. The largest absolute Gasteiger partial charge is 0.365 e. The number of ether oxygens (including phenoxy) is 1. The molecule has 0 bridgehead atoms. The molecule has 1 unspecified atom stereocenters. The third-order valence-corrected chi connectivity index (χ3v) is 5.60. The first-order valence-electron chi connectivity index (χ1n) is 8.53. The zero-order valence-electron chi connectivity index (χ0n) is 14.9. The summed E-state index contributed by atoms with van der Waals surface area (Å²) >= 11 is 0. The van der Waals surface area contributed by atoms with Crippen molar-refractivity contribution in [3.05, 3.63) is 65.5 Å². The van der Waals surface area contributed by atoms with Gasteiger partial charge in [-0.1, -0.05) is 29.8 Å². The van der Waals surface area contributed by atoms with Gasteiger partial charge in [0.05, 0.1) is 18.4 Å². The number of hydrogen-bond acceptors (Lipinski definition) is 4. The molecule has 6 nitrogen and oxygen atoms in total. The third kappa shape index (κ3) is 5.35. The SMILES string of the molecule is Cc1ccc(N2CC(CNS(=O)(=O)Cc3ccc(F)cc3)OCC2=O)cc1. The van der Waals surface area contributed by atoms with E-state index in [1.807, 2.05) is 31.2 Å². The number of sulfonamides is 1. The van der Waals surface area contributed by atoms with Gasteiger partial charge >= 0.3 is 0 Å². The second-order valence-corrected chi connectivity index (χ2v) is 8.31. The van der Waals surface area contributed by atoms with Gasteiger partial charge < -0.3 is 9.64 Å². The van der Waals surface area contributed by atoms with E-state index in [0.29, 0.717) is 5.56 Å². The van der Waals surface area contributed by atoms with Crippen LogP contribution in [0.1, 0.15) is 11.1 Å². The molecule has 1 aliphatic heterocycles. The van der Waals surface area contributed by atoms with Crippen LogP contribution >= 0.6 is 0 Å². The Morgan fingerprint density at radius 2 is 1.81 bits per heavy atom. The van der Waals surface area contributed by atoms with Crippen LogP contribution in [0.25, 0.3) is 0 Å². The highest BCUT2D eigenvalue weighted by atomic mass is 32.2. The summed E-state index contributed by atoms with van der Waals surface area (Å²) in [6, 6.07) is 12.9. The van der Waals surface area contributed by atoms with E-state index < -0.39 is 21.9 Å². The van der Waals surface area contributed by atoms with Crippen LogP contribution in [0.5, 0.6) is 0 Å². The number of rotatable bonds is 6. The number of carbonyl (C=O) groups excluding carboxylic acids is 1. The molecule has 1 heterocycles. The van der Waals surface area contributed by atoms with Crippen molar-refractivity contribution in [1.82, 2.24) is 4.72 Å². The monoisotopic (exact) mass is 392 g/mol. The molecule has 1 atom stereocenters. The summed E-state index contributed by atoms with van der Waals surface area (Å²) in [5, 5.41) is 0. The number of benzene rings is 2. The van der Waals surface area contributed by atoms with Gasteiger partial charge in [-0.25, -0.2) is 17.5 Å². The Balaban J connectivity index is 1.59. The van der Waals surface area contributed by atoms with Crippen molar-refractivity contribution in [1.29, 1.82) is 0 Å². The smallest absolute Gasteiger partial charge is 0.253 e. The predicted molar refractivity (Wildman–Crippen MR) is 100 cm³/mol. The minimum atomic E-state index is -3.60. The molecule has 1 aliphatic rings. The average molecular weight is 392 g/mol. The Bertz CT molecular complexity index is 898. The highest BCUT2D eigenvalue weighted by Crippen LogP contribution is 2.19. The zero-order chi connectivity index (χ0) is 19.4. The number of hydrogen-bond donors (Lipinski definition) is 1. The highest BCUT2D eigenvalue weighted by Gasteiger charge is 2.28. The van der Waals surface area contributed by atoms with E-state index in [4.69, 9.17) is 4.74 Å². The van der Waals surface area contributed by atoms with E-state index >= 15 is 0 Å². The minimum absolute atomic E-state index is 0.0547. The van der Waals surface area contributed by atoms with Crippen LogP contribution in [0.15, 0.2) is 48.5 Å². The number of anilines is 1. The lowest BCUT2D eigenvalue weighted by Crippen LogP contribution is -2.50. The highest BCUT2D eigenvalue weighted by molar-refractivity contribution is 7.88. The molecule has 0 aromatic heterocycles. The van der Waals surface area contributed by atoms with Gasteiger partial charge in [0, 0.05) is 12.2 Å². The normalized spacial score (nSPS) is 17.9. The van der Waals surface area contributed by atoms with Crippen molar-refractivity contribution >= 4 is 21.6 Å². The molecule has 1 saturated heterocycles. The maximum Gasteiger partial charge on any atom is 0.253 e. The number of nitrogens with zero attached hydrogens (tertiary/aromatic N) is 1. The van der Waals surface area contributed by atoms with E-state index in [2.05, 4.69) is 4.72 Å². The molecule has 0 saturated carbocycles. The molecule has 1 N–H and O–H groups in total. The van der Waals surface area contributed by atoms with Crippen LogP contribution in [-0.4, -0.2) is 40.1 Å². The van der Waals surface area contributed by atoms with E-state index in [1.165, 1.54) is 24.3 Å². The van der Waals surface area contributed by atoms with Crippen LogP contribution < -0.4 is 9.62 Å². The molecule has 3 rings (SSSR count). The lowest BCUT2D eigenvalue weighted by molar-refractivity contribution is -0.129. The molecule has 0 aliphatic carbocycles. The molecule has 2 aromatic carbocycles. The van der Waals surface area contributed by atoms with Gasteiger partial charge in [0.2, 0.25) is 10.0 Å². The van der Waals surface area contributed by atoms with Crippen molar-refractivity contribution in [3.63, 3.8) is 0 Å². The molecule has 1 amide bonds. The third-order valence-electron chi connectivity index (χ3n) is 4.28. The van der Waals surface area contributed by atoms with Crippen LogP contribution in [0.2, 0.25) is 0 Å². The van der Waals surface area contributed by atoms with Crippen LogP contribution in [0, 0.1) is 12.7 Å². The molecule has 0 spiro atoms. The number of halogens is 1. The first kappa shape index (κ1) is 19.5. The van der Waals surface area contributed by atoms with Gasteiger partial charge in [-0.3, -0.25) is 4.79 Å². The summed E-state index contributed by atoms with van der Waals surface area (Å²) in [5.41, 5.74) is 2.34. The maximum absolute atomic E-state index is 12.9. The van der Waals surface area contributed by atoms with Crippen LogP contribution in [-0.2, 0) is 25.3 Å². The average Bonchev–Trinajstić information content (AvgIpc) is 2.64. The quantitative estimate of drug-likeness (QED) is 0.816. The zero-order valence-corrected chi connectivity index (χ0v) is 15.7. The van der Waals surface area contributed by atoms with Gasteiger partial charge in [0.1, 0.15) is 12.4 Å². The summed E-state index contributed by atoms with van der Waals surface area (Å²) in [6.07, 6.45) is -0.452. The number of nitrogens with one attached hydrogen (secondary N) is 1. The lowest BCUT2D eigenvalue weighted by atomic mass is 10.2. The molecule has 1 fully saturated rings. The minimum Gasteiger partial charge on any atom is -0.365 e. The van der Waals surface area contributed by atoms with Crippen molar-refractivity contribution in [2.45, 2.75) is 18.8 Å². The standard InChI is InChI=1S/C19H21FN2O4S/c1-14-2-8-17(9-3-14)22-11-18(26-12-19(22)23)10-21-27(24,25)13-15-4-6-16(20)7-5-15/h2-9,18,21H,10-13H2,1H3. The Hall–Kier alpha value is -2.29. The van der Waals surface area contributed by atoms with E-state index in [0.717, 1.165) is 11.3 Å². The second kappa shape index (κ2) is 8.16. The van der Waals surface area contributed by atoms with Crippen LogP contribution in [0.4, 0.5) is 10.1 Å². The molecular weight excluding hydrogens is 371 g/mol. The Kier molecular flexibility index (Phi) is 5.88. The van der Waals surface area contributed by atoms with Gasteiger partial charge in [-0.05, 0) is 36.8 Å². The molecular formula is C19H21FN2O4S. The van der Waals surface area contributed by atoms with Crippen molar-refractivity contribution < 1.29 is 22.3 Å². The summed E-state index contributed by atoms with van der Waals surface area (Å²) in [7, 11) is -3.60. The summed E-state index contributed by atoms with van der Waals surface area (Å²) in [5.74, 6) is -0.828. The van der Waals surface area contributed by atoms with Gasteiger partial charge in [0.25, 0.3) is 5.91 Å². The molecule has 0 radical (unpaired) electrons. The fourth-order valence-corrected chi connectivity index (χ4v) is 3.97. The van der Waals surface area contributed by atoms with E-state index in [9.17, 15) is 17.6 Å². The van der Waals surface area contributed by atoms with Crippen LogP contribution in [0.3, 0.4) is 0 Å². The predicted octanol–water partition coefficient (Wildman–Crippen LogP) is 1.99. The molecule has 144 valence electrons. The number of morpholine rings is 1. The van der Waals surface area contributed by atoms with Gasteiger partial charge in [-0.2, -0.15) is 0 Å². The fraction of sp³-hybridized carbons (Fsp3) is 0.316. The number of carbonyl (C=O) groups is 1. The Morgan fingerprint density at radius 1 is 1.15 bits per heavy atom. The molecule has 27 heavy (non-hydrogen) atoms. The molecule has 2 aromatic rings. The number of aryl methyl sites for hydroxylation is 1. The van der Waals surface area contributed by atoms with E-state index in [1.54, 1.807) is 4.90 Å². The molecule has 8 heteroatoms. The fourth-order valence-electron chi connectivity index (χ4n) is 2.79. The van der Waals surface area contributed by atoms with Gasteiger partial charge in [-0.15, -0.1) is 0 Å². The summed E-state index contributed by atoms with van der Waals surface area (Å²) < 4.78 is 45.4. The van der Waals surface area contributed by atoms with Crippen molar-refractivity contribution in [2.24, 2.45) is 0 Å². The first-order chi connectivity index (χ1) is 12.8. The van der Waals surface area contributed by atoms with Crippen molar-refractivity contribution in [3.8, 4) is 0 Å². The summed E-state index contributed by atoms with van der Waals surface area (Å²) in [6.45, 7) is 2.18. The number of amides is 1. The topological polar surface area (TPSA) is 75.7 Å². The lowest BCUT2D eigenvalue weighted by Gasteiger charge is -2.33. The summed E-state index contributed by atoms with van der Waals surface area (Å²) in [4.78, 5) is 13.7.